The van der Waals surface area contributed by atoms with Crippen LogP contribution in [0.4, 0.5) is 23.4 Å². The number of carbonyl (C=O) groups excluding carboxylic acids is 1. The van der Waals surface area contributed by atoms with Crippen molar-refractivity contribution in [3.8, 4) is 0 Å². The van der Waals surface area contributed by atoms with Crippen molar-refractivity contribution in [2.75, 3.05) is 12.0 Å². The minimum atomic E-state index is -4.48. The van der Waals surface area contributed by atoms with Crippen LogP contribution in [0.1, 0.15) is 28.0 Å². The van der Waals surface area contributed by atoms with Gasteiger partial charge in [0.1, 0.15) is 17.3 Å². The molecule has 2 aromatic heterocycles. The molecule has 3 aromatic rings. The van der Waals surface area contributed by atoms with Gasteiger partial charge >= 0.3 is 6.18 Å². The fraction of sp³-hybridized carbons (Fsp3) is 0.167. The molecule has 0 atom stereocenters. The third-order valence-electron chi connectivity index (χ3n) is 4.32. The van der Waals surface area contributed by atoms with E-state index in [0.717, 1.165) is 12.1 Å². The summed E-state index contributed by atoms with van der Waals surface area (Å²) < 4.78 is 51.6. The summed E-state index contributed by atoms with van der Waals surface area (Å²) in [5.41, 5.74) is 3.46. The number of pyridine rings is 1. The second-order valence-electron chi connectivity index (χ2n) is 6.17. The van der Waals surface area contributed by atoms with Gasteiger partial charge in [-0.05, 0) is 30.3 Å². The number of benzene rings is 1. The molecular formula is C18H13F4N5O. The van der Waals surface area contributed by atoms with Crippen LogP contribution in [0.15, 0.2) is 41.6 Å². The number of H-pyrrole nitrogens is 1. The van der Waals surface area contributed by atoms with Gasteiger partial charge in [0.15, 0.2) is 0 Å². The smallest absolute Gasteiger partial charge is 0.350 e. The quantitative estimate of drug-likeness (QED) is 0.461. The minimum Gasteiger partial charge on any atom is -0.350 e. The highest BCUT2D eigenvalue weighted by molar-refractivity contribution is 6.19. The lowest BCUT2D eigenvalue weighted by Gasteiger charge is -2.08. The van der Waals surface area contributed by atoms with E-state index in [4.69, 9.17) is 0 Å². The monoisotopic (exact) mass is 391 g/mol. The van der Waals surface area contributed by atoms with E-state index in [-0.39, 0.29) is 17.4 Å². The van der Waals surface area contributed by atoms with Crippen LogP contribution in [0.25, 0.3) is 10.9 Å². The highest BCUT2D eigenvalue weighted by Gasteiger charge is 2.30. The maximum Gasteiger partial charge on any atom is 0.417 e. The van der Waals surface area contributed by atoms with Gasteiger partial charge in [-0.1, -0.05) is 0 Å². The Hall–Kier alpha value is -3.43. The number of hydrogen-bond donors (Lipinski definition) is 3. The van der Waals surface area contributed by atoms with E-state index in [1.807, 2.05) is 0 Å². The molecule has 0 bridgehead atoms. The second kappa shape index (κ2) is 6.63. The summed E-state index contributed by atoms with van der Waals surface area (Å²) in [5, 5.41) is 7.43. The summed E-state index contributed by atoms with van der Waals surface area (Å²) in [7, 11) is 0. The lowest BCUT2D eigenvalue weighted by Crippen LogP contribution is -2.23. The average molecular weight is 391 g/mol. The first-order valence-corrected chi connectivity index (χ1v) is 8.28. The zero-order valence-corrected chi connectivity index (χ0v) is 14.2. The predicted molar refractivity (Wildman–Crippen MR) is 94.6 cm³/mol. The Morgan fingerprint density at radius 2 is 2.00 bits per heavy atom. The van der Waals surface area contributed by atoms with Crippen LogP contribution in [0.5, 0.6) is 0 Å². The first-order chi connectivity index (χ1) is 13.3. The van der Waals surface area contributed by atoms with E-state index in [1.165, 1.54) is 18.2 Å². The number of nitrogens with one attached hydrogen (secondary N) is 3. The van der Waals surface area contributed by atoms with Gasteiger partial charge < -0.3 is 10.3 Å². The number of anilines is 1. The molecular weight excluding hydrogens is 378 g/mol. The highest BCUT2D eigenvalue weighted by atomic mass is 19.4. The second-order valence-corrected chi connectivity index (χ2v) is 6.17. The van der Waals surface area contributed by atoms with E-state index in [2.05, 4.69) is 25.8 Å². The fourth-order valence-electron chi connectivity index (χ4n) is 3.01. The summed E-state index contributed by atoms with van der Waals surface area (Å²) >= 11 is 0. The number of alkyl halides is 3. The van der Waals surface area contributed by atoms with E-state index in [9.17, 15) is 22.4 Å². The zero-order chi connectivity index (χ0) is 19.9. The molecule has 3 N–H and O–H groups in total. The topological polar surface area (TPSA) is 82.2 Å². The summed E-state index contributed by atoms with van der Waals surface area (Å²) in [5.74, 6) is -0.697. The normalized spacial score (nSPS) is 16.0. The third kappa shape index (κ3) is 3.28. The van der Waals surface area contributed by atoms with Crippen LogP contribution in [-0.2, 0) is 6.18 Å². The number of aromatic nitrogens is 2. The van der Waals surface area contributed by atoms with Crippen LogP contribution in [-0.4, -0.2) is 28.1 Å². The molecule has 1 aliphatic rings. The lowest BCUT2D eigenvalue weighted by molar-refractivity contribution is -0.137. The summed E-state index contributed by atoms with van der Waals surface area (Å²) in [6, 6.07) is 6.14. The van der Waals surface area contributed by atoms with Gasteiger partial charge in [-0.15, -0.1) is 0 Å². The number of rotatable bonds is 2. The van der Waals surface area contributed by atoms with Gasteiger partial charge in [0.25, 0.3) is 5.91 Å². The third-order valence-corrected chi connectivity index (χ3v) is 4.32. The van der Waals surface area contributed by atoms with Crippen LogP contribution in [0.3, 0.4) is 0 Å². The van der Waals surface area contributed by atoms with Crippen molar-refractivity contribution in [1.82, 2.24) is 15.3 Å². The largest absolute Gasteiger partial charge is 0.417 e. The van der Waals surface area contributed by atoms with Gasteiger partial charge in [0.2, 0.25) is 0 Å². The van der Waals surface area contributed by atoms with Gasteiger partial charge in [-0.2, -0.15) is 18.3 Å². The predicted octanol–water partition coefficient (Wildman–Crippen LogP) is 3.67. The molecule has 144 valence electrons. The molecule has 28 heavy (non-hydrogen) atoms. The zero-order valence-electron chi connectivity index (χ0n) is 14.2. The average Bonchev–Trinajstić information content (AvgIpc) is 2.95. The first-order valence-electron chi connectivity index (χ1n) is 8.28. The molecule has 3 heterocycles. The Morgan fingerprint density at radius 1 is 1.18 bits per heavy atom. The van der Waals surface area contributed by atoms with Crippen molar-refractivity contribution in [2.24, 2.45) is 5.10 Å². The van der Waals surface area contributed by atoms with E-state index in [0.29, 0.717) is 41.3 Å². The minimum absolute atomic E-state index is 0.108. The van der Waals surface area contributed by atoms with Crippen molar-refractivity contribution >= 4 is 28.3 Å². The standard InChI is InChI=1S/C18H13F4N5O/c19-10-2-3-12-11(7-10)15-13(5-6-23-17(28)16(15)25-12)26-27-14-4-1-9(8-24-14)18(20,21)22/h1-4,7-8,25H,5-6H2,(H,23,28)(H,24,27)/b26-13+. The number of nitrogens with zero attached hydrogens (tertiary/aromatic N) is 2. The maximum absolute atomic E-state index is 13.7. The van der Waals surface area contributed by atoms with Crippen LogP contribution in [0, 0.1) is 5.82 Å². The molecule has 0 saturated heterocycles. The molecule has 1 amide bonds. The molecule has 0 radical (unpaired) electrons. The van der Waals surface area contributed by atoms with Crippen LogP contribution >= 0.6 is 0 Å². The molecule has 4 rings (SSSR count). The van der Waals surface area contributed by atoms with E-state index in [1.54, 1.807) is 0 Å². The lowest BCUT2D eigenvalue weighted by atomic mass is 10.0. The molecule has 0 saturated carbocycles. The Kier molecular flexibility index (Phi) is 4.25. The van der Waals surface area contributed by atoms with Crippen molar-refractivity contribution in [3.05, 3.63) is 59.2 Å². The highest BCUT2D eigenvalue weighted by Crippen LogP contribution is 2.29. The van der Waals surface area contributed by atoms with Gasteiger partial charge in [0.05, 0.1) is 11.3 Å². The Morgan fingerprint density at radius 3 is 2.71 bits per heavy atom. The molecule has 0 aliphatic carbocycles. The van der Waals surface area contributed by atoms with Crippen LogP contribution < -0.4 is 10.7 Å². The SMILES string of the molecule is O=C1NCC/C(=N\Nc2ccc(C(F)(F)F)cn2)c2c1[nH]c1ccc(F)cc21. The molecule has 6 nitrogen and oxygen atoms in total. The Balaban J connectivity index is 1.72. The molecule has 1 aliphatic heterocycles. The van der Waals surface area contributed by atoms with Crippen molar-refractivity contribution < 1.29 is 22.4 Å². The molecule has 0 unspecified atom stereocenters. The number of aromatic amines is 1. The summed E-state index contributed by atoms with van der Waals surface area (Å²) in [6.45, 7) is 0.305. The number of halogens is 4. The molecule has 10 heteroatoms. The summed E-state index contributed by atoms with van der Waals surface area (Å²) in [6.07, 6.45) is -3.43. The van der Waals surface area contributed by atoms with E-state index >= 15 is 0 Å². The van der Waals surface area contributed by atoms with Crippen molar-refractivity contribution in [1.29, 1.82) is 0 Å². The molecule has 0 spiro atoms. The first kappa shape index (κ1) is 18.0. The summed E-state index contributed by atoms with van der Waals surface area (Å²) in [4.78, 5) is 18.9. The number of fused-ring (bicyclic) bond motifs is 3. The van der Waals surface area contributed by atoms with E-state index < -0.39 is 17.6 Å². The van der Waals surface area contributed by atoms with Gasteiger partial charge in [-0.3, -0.25) is 10.2 Å². The maximum atomic E-state index is 13.7. The van der Waals surface area contributed by atoms with Crippen molar-refractivity contribution in [2.45, 2.75) is 12.6 Å². The fourth-order valence-corrected chi connectivity index (χ4v) is 3.01. The number of amides is 1. The Bertz CT molecular complexity index is 1090. The number of carbonyl (C=O) groups is 1. The molecule has 1 aromatic carbocycles. The molecule has 0 fully saturated rings. The van der Waals surface area contributed by atoms with Gasteiger partial charge in [0, 0.05) is 35.6 Å². The van der Waals surface area contributed by atoms with Gasteiger partial charge in [-0.25, -0.2) is 9.37 Å². The number of hydrazone groups is 1. The Labute approximate surface area is 155 Å². The van der Waals surface area contributed by atoms with Crippen molar-refractivity contribution in [3.63, 3.8) is 0 Å². The van der Waals surface area contributed by atoms with Crippen LogP contribution in [0.2, 0.25) is 0 Å². The number of hydrogen-bond acceptors (Lipinski definition) is 4.